The summed E-state index contributed by atoms with van der Waals surface area (Å²) in [5.74, 6) is -1.78. The minimum atomic E-state index is -0.963. The molecular formula is C21H12Cl2N4O5. The molecule has 1 aromatic heterocycles. The van der Waals surface area contributed by atoms with Gasteiger partial charge in [0.05, 0.1) is 26.3 Å². The number of aromatic nitrogens is 1. The Kier molecular flexibility index (Phi) is 5.52. The smallest absolute Gasteiger partial charge is 0.317 e. The Balaban J connectivity index is 1.77. The number of imide groups is 2. The molecule has 160 valence electrons. The van der Waals surface area contributed by atoms with Gasteiger partial charge in [0.15, 0.2) is 0 Å². The van der Waals surface area contributed by atoms with Crippen LogP contribution in [0.15, 0.2) is 66.4 Å². The highest BCUT2D eigenvalue weighted by atomic mass is 35.5. The van der Waals surface area contributed by atoms with Gasteiger partial charge in [0.1, 0.15) is 5.57 Å². The number of nitro groups is 1. The van der Waals surface area contributed by atoms with E-state index in [1.807, 2.05) is 0 Å². The van der Waals surface area contributed by atoms with E-state index in [4.69, 9.17) is 23.2 Å². The maximum Gasteiger partial charge on any atom is 0.336 e. The van der Waals surface area contributed by atoms with Crippen molar-refractivity contribution in [1.29, 1.82) is 0 Å². The lowest BCUT2D eigenvalue weighted by Crippen LogP contribution is -2.54. The van der Waals surface area contributed by atoms with Gasteiger partial charge < -0.3 is 4.57 Å². The highest BCUT2D eigenvalue weighted by molar-refractivity contribution is 6.46. The van der Waals surface area contributed by atoms with Crippen LogP contribution in [0.3, 0.4) is 0 Å². The van der Waals surface area contributed by atoms with E-state index in [0.29, 0.717) is 11.4 Å². The van der Waals surface area contributed by atoms with E-state index in [1.165, 1.54) is 42.5 Å². The number of benzene rings is 2. The molecule has 11 heteroatoms. The lowest BCUT2D eigenvalue weighted by atomic mass is 10.1. The van der Waals surface area contributed by atoms with Crippen molar-refractivity contribution in [2.75, 3.05) is 4.90 Å². The second kappa shape index (κ2) is 8.29. The molecule has 32 heavy (non-hydrogen) atoms. The summed E-state index contributed by atoms with van der Waals surface area (Å²) < 4.78 is 1.56. The zero-order valence-electron chi connectivity index (χ0n) is 16.0. The molecule has 1 aliphatic heterocycles. The summed E-state index contributed by atoms with van der Waals surface area (Å²) >= 11 is 12.2. The quantitative estimate of drug-likeness (QED) is 0.263. The summed E-state index contributed by atoms with van der Waals surface area (Å²) in [5, 5.41) is 13.3. The van der Waals surface area contributed by atoms with Crippen LogP contribution in [0.25, 0.3) is 11.8 Å². The molecule has 2 aromatic carbocycles. The van der Waals surface area contributed by atoms with E-state index in [0.717, 1.165) is 4.90 Å². The summed E-state index contributed by atoms with van der Waals surface area (Å²) in [6.45, 7) is 0. The van der Waals surface area contributed by atoms with Crippen LogP contribution >= 0.6 is 23.2 Å². The van der Waals surface area contributed by atoms with E-state index < -0.39 is 22.8 Å². The fourth-order valence-electron chi connectivity index (χ4n) is 3.19. The van der Waals surface area contributed by atoms with Crippen molar-refractivity contribution in [1.82, 2.24) is 9.88 Å². The third-order valence-electron chi connectivity index (χ3n) is 4.67. The molecule has 0 unspecified atom stereocenters. The number of carbonyl (C=O) groups is 3. The summed E-state index contributed by atoms with van der Waals surface area (Å²) in [6, 6.07) is 12.6. The average molecular weight is 471 g/mol. The molecule has 0 bridgehead atoms. The van der Waals surface area contributed by atoms with Crippen LogP contribution in [0.1, 0.15) is 5.69 Å². The number of halogens is 2. The standard InChI is InChI=1S/C21H12Cl2N4O5/c22-16-7-2-8-17(18(16)23)26-20(29)15(19(28)24-21(26)30)11-13-6-3-9-25(13)12-4-1-5-14(10-12)27(31)32/h1-11H,(H,24,28,30)/b15-11+. The van der Waals surface area contributed by atoms with Gasteiger partial charge in [-0.2, -0.15) is 0 Å². The summed E-state index contributed by atoms with van der Waals surface area (Å²) in [6.07, 6.45) is 2.90. The number of non-ortho nitro benzene ring substituents is 1. The maximum absolute atomic E-state index is 13.1. The fraction of sp³-hybridized carbons (Fsp3) is 0. The number of anilines is 1. The molecule has 1 aliphatic rings. The molecule has 1 fully saturated rings. The van der Waals surface area contributed by atoms with Crippen LogP contribution in [-0.4, -0.2) is 27.3 Å². The molecular weight excluding hydrogens is 459 g/mol. The van der Waals surface area contributed by atoms with Gasteiger partial charge in [0.2, 0.25) is 0 Å². The van der Waals surface area contributed by atoms with Crippen LogP contribution in [-0.2, 0) is 9.59 Å². The maximum atomic E-state index is 13.1. The van der Waals surface area contributed by atoms with Gasteiger partial charge in [-0.05, 0) is 36.4 Å². The van der Waals surface area contributed by atoms with E-state index >= 15 is 0 Å². The zero-order valence-corrected chi connectivity index (χ0v) is 17.5. The molecule has 3 aromatic rings. The highest BCUT2D eigenvalue weighted by Gasteiger charge is 2.38. The Bertz CT molecular complexity index is 1330. The van der Waals surface area contributed by atoms with Crippen LogP contribution in [0.5, 0.6) is 0 Å². The molecule has 1 N–H and O–H groups in total. The first-order valence-electron chi connectivity index (χ1n) is 9.05. The van der Waals surface area contributed by atoms with Crippen LogP contribution in [0.2, 0.25) is 10.0 Å². The minimum Gasteiger partial charge on any atom is -0.317 e. The predicted molar refractivity (Wildman–Crippen MR) is 118 cm³/mol. The Morgan fingerprint density at radius 3 is 2.50 bits per heavy atom. The van der Waals surface area contributed by atoms with Crippen molar-refractivity contribution in [3.8, 4) is 5.69 Å². The van der Waals surface area contributed by atoms with Gasteiger partial charge in [-0.25, -0.2) is 9.69 Å². The average Bonchev–Trinajstić information content (AvgIpc) is 3.22. The van der Waals surface area contributed by atoms with Gasteiger partial charge in [-0.3, -0.25) is 25.0 Å². The number of urea groups is 1. The van der Waals surface area contributed by atoms with Crippen LogP contribution < -0.4 is 10.2 Å². The number of nitrogens with one attached hydrogen (secondary N) is 1. The van der Waals surface area contributed by atoms with Gasteiger partial charge >= 0.3 is 6.03 Å². The molecule has 0 saturated carbocycles. The fourth-order valence-corrected chi connectivity index (χ4v) is 3.57. The topological polar surface area (TPSA) is 115 Å². The Morgan fingerprint density at radius 1 is 1.00 bits per heavy atom. The van der Waals surface area contributed by atoms with Gasteiger partial charge in [-0.15, -0.1) is 0 Å². The third kappa shape index (κ3) is 3.75. The molecule has 4 rings (SSSR count). The zero-order chi connectivity index (χ0) is 23.0. The number of rotatable bonds is 4. The van der Waals surface area contributed by atoms with Crippen molar-refractivity contribution in [2.24, 2.45) is 0 Å². The molecule has 9 nitrogen and oxygen atoms in total. The molecule has 4 amide bonds. The number of hydrogen-bond acceptors (Lipinski definition) is 5. The summed E-state index contributed by atoms with van der Waals surface area (Å²) in [7, 11) is 0. The van der Waals surface area contributed by atoms with Crippen LogP contribution in [0, 0.1) is 10.1 Å². The van der Waals surface area contributed by atoms with E-state index in [1.54, 1.807) is 29.0 Å². The van der Waals surface area contributed by atoms with Crippen molar-refractivity contribution < 1.29 is 19.3 Å². The largest absolute Gasteiger partial charge is 0.336 e. The number of nitro benzene ring substituents is 1. The van der Waals surface area contributed by atoms with Crippen molar-refractivity contribution >= 4 is 58.5 Å². The monoisotopic (exact) mass is 470 g/mol. The Morgan fingerprint density at radius 2 is 1.75 bits per heavy atom. The number of hydrogen-bond donors (Lipinski definition) is 1. The molecule has 0 radical (unpaired) electrons. The highest BCUT2D eigenvalue weighted by Crippen LogP contribution is 2.34. The van der Waals surface area contributed by atoms with E-state index in [2.05, 4.69) is 5.32 Å². The third-order valence-corrected chi connectivity index (χ3v) is 5.47. The summed E-state index contributed by atoms with van der Waals surface area (Å²) in [5.41, 5.74) is 0.412. The first-order valence-corrected chi connectivity index (χ1v) is 9.81. The minimum absolute atomic E-state index is 0.0219. The number of barbiturate groups is 1. The van der Waals surface area contributed by atoms with Crippen molar-refractivity contribution in [3.63, 3.8) is 0 Å². The number of nitrogens with zero attached hydrogens (tertiary/aromatic N) is 3. The molecule has 2 heterocycles. The molecule has 0 aliphatic carbocycles. The van der Waals surface area contributed by atoms with Gasteiger partial charge in [0.25, 0.3) is 17.5 Å². The number of amides is 4. The van der Waals surface area contributed by atoms with Crippen molar-refractivity contribution in [2.45, 2.75) is 0 Å². The lowest BCUT2D eigenvalue weighted by Gasteiger charge is -2.27. The normalized spacial score (nSPS) is 15.2. The van der Waals surface area contributed by atoms with E-state index in [9.17, 15) is 24.5 Å². The summed E-state index contributed by atoms with van der Waals surface area (Å²) in [4.78, 5) is 49.2. The second-order valence-electron chi connectivity index (χ2n) is 6.61. The Labute approximate surface area is 190 Å². The molecule has 0 atom stereocenters. The van der Waals surface area contributed by atoms with Crippen LogP contribution in [0.4, 0.5) is 16.2 Å². The molecule has 0 spiro atoms. The SMILES string of the molecule is O=C1NC(=O)N(c2cccc(Cl)c2Cl)C(=O)/C1=C/c1cccn1-c1cccc([N+](=O)[O-])c1. The van der Waals surface area contributed by atoms with Gasteiger partial charge in [0, 0.05) is 24.0 Å². The van der Waals surface area contributed by atoms with Gasteiger partial charge in [-0.1, -0.05) is 35.3 Å². The first kappa shape index (κ1) is 21.3. The lowest BCUT2D eigenvalue weighted by molar-refractivity contribution is -0.384. The van der Waals surface area contributed by atoms with E-state index in [-0.39, 0.29) is 27.0 Å². The number of carbonyl (C=O) groups excluding carboxylic acids is 3. The first-order chi connectivity index (χ1) is 15.3. The predicted octanol–water partition coefficient (Wildman–Crippen LogP) is 4.36. The molecule has 1 saturated heterocycles. The second-order valence-corrected chi connectivity index (χ2v) is 7.40. The van der Waals surface area contributed by atoms with Crippen molar-refractivity contribution in [3.05, 3.63) is 92.2 Å². The Hall–Kier alpha value is -3.95.